The summed E-state index contributed by atoms with van der Waals surface area (Å²) in [5.41, 5.74) is 6.05. The van der Waals surface area contributed by atoms with Crippen molar-refractivity contribution in [2.45, 2.75) is 89.5 Å². The average Bonchev–Trinajstić information content (AvgIpc) is 3.24. The number of ketones is 1. The highest BCUT2D eigenvalue weighted by Crippen LogP contribution is 2.27. The van der Waals surface area contributed by atoms with Crippen LogP contribution in [0.25, 0.3) is 0 Å². The molecule has 1 fully saturated rings. The smallest absolute Gasteiger partial charge is 0.420 e. The lowest BCUT2D eigenvalue weighted by molar-refractivity contribution is -0.129. The van der Waals surface area contributed by atoms with E-state index in [2.05, 4.69) is 21.2 Å². The maximum Gasteiger partial charge on any atom is 0.420 e. The summed E-state index contributed by atoms with van der Waals surface area (Å²) in [6.07, 6.45) is -0.741. The van der Waals surface area contributed by atoms with E-state index in [1.807, 2.05) is 24.3 Å². The first-order valence-corrected chi connectivity index (χ1v) is 15.0. The van der Waals surface area contributed by atoms with Crippen LogP contribution >= 0.6 is 15.9 Å². The molecule has 3 N–H and O–H groups in total. The van der Waals surface area contributed by atoms with Crippen LogP contribution in [-0.4, -0.2) is 59.1 Å². The van der Waals surface area contributed by atoms with Crippen LogP contribution in [0, 0.1) is 11.6 Å². The van der Waals surface area contributed by atoms with Crippen LogP contribution in [0.5, 0.6) is 0 Å². The number of hydrogen-bond acceptors (Lipinski definition) is 7. The monoisotopic (exact) mass is 665 g/mol. The Bertz CT molecular complexity index is 1300. The molecule has 0 aromatic heterocycles. The molecule has 1 heterocycles. The highest BCUT2D eigenvalue weighted by Gasteiger charge is 2.50. The second kappa shape index (κ2) is 15.4. The van der Waals surface area contributed by atoms with Gasteiger partial charge in [-0.2, -0.15) is 0 Å². The molecule has 0 spiro atoms. The van der Waals surface area contributed by atoms with Crippen molar-refractivity contribution in [3.8, 4) is 0 Å². The van der Waals surface area contributed by atoms with E-state index in [-0.39, 0.29) is 43.6 Å². The topological polar surface area (TPSA) is 128 Å². The molecule has 3 rings (SSSR count). The van der Waals surface area contributed by atoms with Gasteiger partial charge < -0.3 is 20.5 Å². The number of benzene rings is 2. The van der Waals surface area contributed by atoms with E-state index in [9.17, 15) is 28.0 Å². The van der Waals surface area contributed by atoms with Crippen LogP contribution < -0.4 is 11.1 Å². The summed E-state index contributed by atoms with van der Waals surface area (Å²) in [5.74, 6) is -1.73. The summed E-state index contributed by atoms with van der Waals surface area (Å²) >= 11 is 3.38. The molecule has 2 aromatic carbocycles. The maximum absolute atomic E-state index is 13.8. The van der Waals surface area contributed by atoms with Crippen molar-refractivity contribution < 1.29 is 37.4 Å². The Morgan fingerprint density at radius 3 is 2.47 bits per heavy atom. The van der Waals surface area contributed by atoms with Gasteiger partial charge >= 0.3 is 12.2 Å². The van der Waals surface area contributed by atoms with Crippen molar-refractivity contribution in [2.75, 3.05) is 6.54 Å². The third kappa shape index (κ3) is 10.7. The zero-order valence-electron chi connectivity index (χ0n) is 24.5. The molecule has 43 heavy (non-hydrogen) atoms. The number of rotatable bonds is 13. The minimum atomic E-state index is -1.23. The van der Waals surface area contributed by atoms with Crippen molar-refractivity contribution in [1.82, 2.24) is 10.2 Å². The molecule has 0 radical (unpaired) electrons. The Morgan fingerprint density at radius 2 is 1.79 bits per heavy atom. The lowest BCUT2D eigenvalue weighted by Gasteiger charge is -2.26. The van der Waals surface area contributed by atoms with E-state index < -0.39 is 53.5 Å². The summed E-state index contributed by atoms with van der Waals surface area (Å²) in [6.45, 7) is 5.31. The number of Topliss-reactive ketones (excluding diaryl/α,β-unsaturated/α-hetero) is 1. The Morgan fingerprint density at radius 1 is 1.09 bits per heavy atom. The molecule has 3 atom stereocenters. The average molecular weight is 667 g/mol. The molecule has 9 nitrogen and oxygen atoms in total. The van der Waals surface area contributed by atoms with E-state index in [1.165, 1.54) is 0 Å². The molecule has 12 heteroatoms. The number of unbranched alkanes of at least 4 members (excludes halogenated alkanes) is 2. The highest BCUT2D eigenvalue weighted by atomic mass is 79.9. The first-order chi connectivity index (χ1) is 20.2. The molecule has 1 saturated heterocycles. The van der Waals surface area contributed by atoms with E-state index in [0.717, 1.165) is 33.1 Å². The predicted octanol–water partition coefficient (Wildman–Crippen LogP) is 5.60. The second-order valence-corrected chi connectivity index (χ2v) is 12.5. The number of hydrogen-bond donors (Lipinski definition) is 2. The number of nitrogens with zero attached hydrogens (tertiary/aromatic N) is 1. The third-order valence-corrected chi connectivity index (χ3v) is 7.25. The number of nitrogens with two attached hydrogens (primary N) is 1. The number of nitrogens with one attached hydrogen (secondary N) is 1. The number of amides is 3. The molecule has 1 aliphatic heterocycles. The number of halogens is 3. The van der Waals surface area contributed by atoms with Gasteiger partial charge in [0.1, 0.15) is 23.0 Å². The number of carbonyl (C=O) groups excluding carboxylic acids is 4. The van der Waals surface area contributed by atoms with Gasteiger partial charge in [-0.3, -0.25) is 9.59 Å². The van der Waals surface area contributed by atoms with Crippen molar-refractivity contribution >= 4 is 39.8 Å². The predicted molar refractivity (Wildman–Crippen MR) is 159 cm³/mol. The van der Waals surface area contributed by atoms with E-state index in [0.29, 0.717) is 19.3 Å². The third-order valence-electron chi connectivity index (χ3n) is 6.72. The van der Waals surface area contributed by atoms with Gasteiger partial charge in [-0.15, -0.1) is 0 Å². The molecule has 2 aromatic rings. The Hall–Kier alpha value is -3.38. The van der Waals surface area contributed by atoms with Crippen LogP contribution in [-0.2, 0) is 31.9 Å². The first kappa shape index (κ1) is 34.1. The molecular weight excluding hydrogens is 628 g/mol. The van der Waals surface area contributed by atoms with Gasteiger partial charge in [-0.25, -0.2) is 23.3 Å². The fraction of sp³-hybridized carbons (Fsp3) is 0.484. The highest BCUT2D eigenvalue weighted by molar-refractivity contribution is 9.10. The molecule has 3 amide bonds. The van der Waals surface area contributed by atoms with Crippen molar-refractivity contribution in [3.63, 3.8) is 0 Å². The summed E-state index contributed by atoms with van der Waals surface area (Å²) in [4.78, 5) is 51.8. The number of imide groups is 1. The van der Waals surface area contributed by atoms with Crippen LogP contribution in [0.1, 0.15) is 64.0 Å². The fourth-order valence-corrected chi connectivity index (χ4v) is 4.97. The zero-order valence-corrected chi connectivity index (χ0v) is 26.1. The minimum absolute atomic E-state index is 0.0492. The molecule has 0 bridgehead atoms. The van der Waals surface area contributed by atoms with Crippen LogP contribution in [0.2, 0.25) is 0 Å². The van der Waals surface area contributed by atoms with Crippen LogP contribution in [0.15, 0.2) is 46.9 Å². The van der Waals surface area contributed by atoms with E-state index in [4.69, 9.17) is 15.2 Å². The van der Waals surface area contributed by atoms with Gasteiger partial charge in [-0.1, -0.05) is 34.5 Å². The molecule has 0 aliphatic carbocycles. The Balaban J connectivity index is 1.47. The Kier molecular flexibility index (Phi) is 12.2. The number of carbonyl (C=O) groups is 4. The molecule has 0 saturated carbocycles. The number of ether oxygens (including phenoxy) is 2. The van der Waals surface area contributed by atoms with Crippen molar-refractivity contribution in [2.24, 2.45) is 5.73 Å². The van der Waals surface area contributed by atoms with Crippen LogP contribution in [0.3, 0.4) is 0 Å². The number of cyclic esters (lactones) is 1. The van der Waals surface area contributed by atoms with Crippen LogP contribution in [0.4, 0.5) is 18.4 Å². The van der Waals surface area contributed by atoms with Gasteiger partial charge in [0, 0.05) is 29.9 Å². The lowest BCUT2D eigenvalue weighted by atomic mass is 9.99. The van der Waals surface area contributed by atoms with Gasteiger partial charge in [0.05, 0.1) is 6.04 Å². The lowest BCUT2D eigenvalue weighted by Crippen LogP contribution is -2.49. The van der Waals surface area contributed by atoms with Gasteiger partial charge in [0.2, 0.25) is 6.10 Å². The summed E-state index contributed by atoms with van der Waals surface area (Å²) in [7, 11) is 0. The molecule has 1 unspecified atom stereocenters. The largest absolute Gasteiger partial charge is 0.443 e. The summed E-state index contributed by atoms with van der Waals surface area (Å²) in [5, 5.41) is 2.76. The van der Waals surface area contributed by atoms with Gasteiger partial charge in [-0.05, 0) is 87.9 Å². The van der Waals surface area contributed by atoms with Gasteiger partial charge in [0.15, 0.2) is 0 Å². The van der Waals surface area contributed by atoms with Crippen molar-refractivity contribution in [1.29, 1.82) is 0 Å². The SMILES string of the molecule is CC(C)(C)OC(=O)N1C(=O)O[C@H](C(=O)NCCCCCC(=O)CC(N)Cc2cc(F)ccc2F)[C@H]1Cc1ccc(Br)cc1. The fourth-order valence-electron chi connectivity index (χ4n) is 4.71. The molecule has 234 valence electrons. The first-order valence-electron chi connectivity index (χ1n) is 14.2. The van der Waals surface area contributed by atoms with Gasteiger partial charge in [0.25, 0.3) is 5.91 Å². The zero-order chi connectivity index (χ0) is 31.7. The second-order valence-electron chi connectivity index (χ2n) is 11.6. The maximum atomic E-state index is 13.8. The molecule has 1 aliphatic rings. The summed E-state index contributed by atoms with van der Waals surface area (Å²) in [6, 6.07) is 8.90. The van der Waals surface area contributed by atoms with E-state index in [1.54, 1.807) is 20.8 Å². The normalized spacial score (nSPS) is 17.4. The quantitative estimate of drug-likeness (QED) is 0.267. The van der Waals surface area contributed by atoms with Crippen molar-refractivity contribution in [3.05, 3.63) is 69.7 Å². The minimum Gasteiger partial charge on any atom is -0.443 e. The van der Waals surface area contributed by atoms with E-state index >= 15 is 0 Å². The summed E-state index contributed by atoms with van der Waals surface area (Å²) < 4.78 is 38.8. The molecular formula is C31H38BrF2N3O6. The Labute approximate surface area is 258 Å². The standard InChI is InChI=1S/C31H38BrF2N3O6/c1-31(2,3)43-30(41)37-26(15-19-8-10-21(32)11-9-19)27(42-29(37)40)28(39)36-14-6-4-5-7-24(38)18-23(35)17-20-16-22(33)12-13-25(20)34/h8-13,16,23,26-27H,4-7,14-15,17-18,35H2,1-3H3,(H,36,39)/t23?,26-,27+/m1/s1.